The summed E-state index contributed by atoms with van der Waals surface area (Å²) in [6.07, 6.45) is 0.0639. The molecule has 1 aliphatic heterocycles. The monoisotopic (exact) mass is 389 g/mol. The average molecular weight is 389 g/mol. The van der Waals surface area contributed by atoms with Crippen molar-refractivity contribution in [1.82, 2.24) is 0 Å². The number of sulfonamides is 1. The lowest BCUT2D eigenvalue weighted by Crippen LogP contribution is -2.28. The molecule has 2 amide bonds. The molecule has 0 aliphatic carbocycles. The van der Waals surface area contributed by atoms with Gasteiger partial charge < -0.3 is 15.4 Å². The molecule has 3 rings (SSSR count). The van der Waals surface area contributed by atoms with Gasteiger partial charge in [-0.05, 0) is 48.5 Å². The Bertz CT molecular complexity index is 955. The highest BCUT2D eigenvalue weighted by Gasteiger charge is 2.34. The summed E-state index contributed by atoms with van der Waals surface area (Å²) in [5.41, 5.74) is 6.18. The van der Waals surface area contributed by atoms with E-state index in [9.17, 15) is 18.0 Å². The van der Waals surface area contributed by atoms with Gasteiger partial charge in [-0.2, -0.15) is 0 Å². The molecular formula is C18H19N3O5S. The summed E-state index contributed by atoms with van der Waals surface area (Å²) in [6, 6.07) is 12.4. The molecule has 0 spiro atoms. The Kier molecular flexibility index (Phi) is 5.04. The van der Waals surface area contributed by atoms with Crippen molar-refractivity contribution in [2.24, 2.45) is 11.7 Å². The summed E-state index contributed by atoms with van der Waals surface area (Å²) < 4.78 is 32.5. The average Bonchev–Trinajstić information content (AvgIpc) is 3.04. The number of amides is 2. The molecule has 2 aromatic rings. The number of methoxy groups -OCH3 is 1. The zero-order valence-electron chi connectivity index (χ0n) is 14.6. The van der Waals surface area contributed by atoms with Gasteiger partial charge in [0.1, 0.15) is 5.75 Å². The number of carbonyl (C=O) groups is 2. The van der Waals surface area contributed by atoms with Crippen LogP contribution in [0.1, 0.15) is 6.42 Å². The first kappa shape index (κ1) is 18.7. The number of carbonyl (C=O) groups excluding carboxylic acids is 2. The van der Waals surface area contributed by atoms with Crippen LogP contribution in [0, 0.1) is 5.92 Å². The normalized spacial score (nSPS) is 17.0. The standard InChI is InChI=1S/C18H19N3O5S/c1-26-15-6-2-13(3-7-15)20-27(24,25)16-8-4-14(5-9-16)21-11-12(18(19)23)10-17(21)22/h2-9,12,20H,10-11H2,1H3,(H2,19,23)/t12-/m1/s1. The number of nitrogens with zero attached hydrogens (tertiary/aromatic N) is 1. The van der Waals surface area contributed by atoms with Gasteiger partial charge >= 0.3 is 0 Å². The maximum absolute atomic E-state index is 12.5. The van der Waals surface area contributed by atoms with Gasteiger partial charge in [-0.3, -0.25) is 14.3 Å². The second kappa shape index (κ2) is 7.28. The maximum Gasteiger partial charge on any atom is 0.261 e. The first-order valence-electron chi connectivity index (χ1n) is 8.17. The fraction of sp³-hybridized carbons (Fsp3) is 0.222. The maximum atomic E-state index is 12.5. The summed E-state index contributed by atoms with van der Waals surface area (Å²) in [4.78, 5) is 24.8. The largest absolute Gasteiger partial charge is 0.497 e. The van der Waals surface area contributed by atoms with Gasteiger partial charge in [0.15, 0.2) is 0 Å². The van der Waals surface area contributed by atoms with Crippen LogP contribution in [0.4, 0.5) is 11.4 Å². The van der Waals surface area contributed by atoms with E-state index in [2.05, 4.69) is 4.72 Å². The topological polar surface area (TPSA) is 119 Å². The van der Waals surface area contributed by atoms with Crippen LogP contribution in [0.5, 0.6) is 5.75 Å². The van der Waals surface area contributed by atoms with Crippen molar-refractivity contribution < 1.29 is 22.7 Å². The molecule has 8 nitrogen and oxygen atoms in total. The van der Waals surface area contributed by atoms with E-state index in [1.165, 1.54) is 36.3 Å². The fourth-order valence-electron chi connectivity index (χ4n) is 2.83. The van der Waals surface area contributed by atoms with Gasteiger partial charge in [-0.1, -0.05) is 0 Å². The van der Waals surface area contributed by atoms with Gasteiger partial charge in [-0.25, -0.2) is 8.42 Å². The summed E-state index contributed by atoms with van der Waals surface area (Å²) in [5.74, 6) is -0.649. The summed E-state index contributed by atoms with van der Waals surface area (Å²) in [5, 5.41) is 0. The van der Waals surface area contributed by atoms with Gasteiger partial charge in [0.25, 0.3) is 10.0 Å². The molecule has 1 heterocycles. The van der Waals surface area contributed by atoms with Crippen LogP contribution in [-0.2, 0) is 19.6 Å². The van der Waals surface area contributed by atoms with E-state index in [1.54, 1.807) is 24.3 Å². The Morgan fingerprint density at radius 2 is 1.78 bits per heavy atom. The second-order valence-electron chi connectivity index (χ2n) is 6.14. The van der Waals surface area contributed by atoms with Crippen molar-refractivity contribution in [1.29, 1.82) is 0 Å². The molecule has 1 fully saturated rings. The lowest BCUT2D eigenvalue weighted by atomic mass is 10.1. The number of nitrogens with one attached hydrogen (secondary N) is 1. The van der Waals surface area contributed by atoms with E-state index in [1.807, 2.05) is 0 Å². The van der Waals surface area contributed by atoms with E-state index < -0.39 is 21.8 Å². The Morgan fingerprint density at radius 1 is 1.15 bits per heavy atom. The summed E-state index contributed by atoms with van der Waals surface area (Å²) in [7, 11) is -2.25. The molecule has 0 bridgehead atoms. The Labute approximate surface area is 157 Å². The first-order valence-corrected chi connectivity index (χ1v) is 9.65. The minimum absolute atomic E-state index is 0.0557. The molecule has 9 heteroatoms. The zero-order chi connectivity index (χ0) is 19.6. The van der Waals surface area contributed by atoms with Crippen molar-refractivity contribution in [3.05, 3.63) is 48.5 Å². The van der Waals surface area contributed by atoms with Gasteiger partial charge in [0.05, 0.1) is 17.9 Å². The van der Waals surface area contributed by atoms with Crippen molar-refractivity contribution in [2.75, 3.05) is 23.3 Å². The molecule has 1 atom stereocenters. The SMILES string of the molecule is COc1ccc(NS(=O)(=O)c2ccc(N3C[C@H](C(N)=O)CC3=O)cc2)cc1. The van der Waals surface area contributed by atoms with Gasteiger partial charge in [-0.15, -0.1) is 0 Å². The number of anilines is 2. The molecule has 2 aromatic carbocycles. The highest BCUT2D eigenvalue weighted by molar-refractivity contribution is 7.92. The third-order valence-electron chi connectivity index (χ3n) is 4.33. The molecular weight excluding hydrogens is 370 g/mol. The molecule has 1 aliphatic rings. The molecule has 142 valence electrons. The van der Waals surface area contributed by atoms with E-state index in [0.717, 1.165) is 0 Å². The van der Waals surface area contributed by atoms with E-state index in [4.69, 9.17) is 10.5 Å². The Morgan fingerprint density at radius 3 is 2.30 bits per heavy atom. The molecule has 0 radical (unpaired) electrons. The van der Waals surface area contributed by atoms with E-state index in [0.29, 0.717) is 17.1 Å². The number of hydrogen-bond acceptors (Lipinski definition) is 5. The lowest BCUT2D eigenvalue weighted by molar-refractivity contribution is -0.123. The van der Waals surface area contributed by atoms with Crippen LogP contribution in [0.2, 0.25) is 0 Å². The Hall–Kier alpha value is -3.07. The molecule has 0 aromatic heterocycles. The van der Waals surface area contributed by atoms with Gasteiger partial charge in [0, 0.05) is 24.3 Å². The van der Waals surface area contributed by atoms with E-state index >= 15 is 0 Å². The number of rotatable bonds is 6. The number of benzene rings is 2. The van der Waals surface area contributed by atoms with Gasteiger partial charge in [0.2, 0.25) is 11.8 Å². The smallest absolute Gasteiger partial charge is 0.261 e. The van der Waals surface area contributed by atoms with Crippen LogP contribution in [0.3, 0.4) is 0 Å². The fourth-order valence-corrected chi connectivity index (χ4v) is 3.88. The van der Waals surface area contributed by atoms with Crippen molar-refractivity contribution >= 4 is 33.2 Å². The van der Waals surface area contributed by atoms with Crippen molar-refractivity contribution in [3.8, 4) is 5.75 Å². The number of hydrogen-bond donors (Lipinski definition) is 2. The minimum atomic E-state index is -3.78. The second-order valence-corrected chi connectivity index (χ2v) is 7.82. The summed E-state index contributed by atoms with van der Waals surface area (Å²) in [6.45, 7) is 0.199. The molecule has 3 N–H and O–H groups in total. The van der Waals surface area contributed by atoms with E-state index in [-0.39, 0.29) is 23.8 Å². The molecule has 0 unspecified atom stereocenters. The van der Waals surface area contributed by atoms with Crippen molar-refractivity contribution in [2.45, 2.75) is 11.3 Å². The Balaban J connectivity index is 1.75. The zero-order valence-corrected chi connectivity index (χ0v) is 15.4. The third-order valence-corrected chi connectivity index (χ3v) is 5.73. The van der Waals surface area contributed by atoms with Crippen LogP contribution >= 0.6 is 0 Å². The van der Waals surface area contributed by atoms with Crippen LogP contribution in [0.15, 0.2) is 53.4 Å². The van der Waals surface area contributed by atoms with Crippen molar-refractivity contribution in [3.63, 3.8) is 0 Å². The summed E-state index contributed by atoms with van der Waals surface area (Å²) >= 11 is 0. The predicted molar refractivity (Wildman–Crippen MR) is 99.9 cm³/mol. The minimum Gasteiger partial charge on any atom is -0.497 e. The third kappa shape index (κ3) is 4.03. The highest BCUT2D eigenvalue weighted by atomic mass is 32.2. The lowest BCUT2D eigenvalue weighted by Gasteiger charge is -2.17. The predicted octanol–water partition coefficient (Wildman–Crippen LogP) is 1.33. The number of ether oxygens (including phenoxy) is 1. The highest BCUT2D eigenvalue weighted by Crippen LogP contribution is 2.27. The van der Waals surface area contributed by atoms with Crippen LogP contribution in [0.25, 0.3) is 0 Å². The molecule has 27 heavy (non-hydrogen) atoms. The first-order chi connectivity index (χ1) is 12.8. The number of primary amides is 1. The van der Waals surface area contributed by atoms with Crippen LogP contribution < -0.4 is 20.1 Å². The molecule has 1 saturated heterocycles. The quantitative estimate of drug-likeness (QED) is 0.773. The van der Waals surface area contributed by atoms with Crippen LogP contribution in [-0.4, -0.2) is 33.9 Å². The molecule has 0 saturated carbocycles. The number of nitrogens with two attached hydrogens (primary N) is 1.